The van der Waals surface area contributed by atoms with Crippen molar-refractivity contribution in [3.8, 4) is 0 Å². The van der Waals surface area contributed by atoms with Crippen LogP contribution in [0.15, 0.2) is 12.1 Å². The third kappa shape index (κ3) is 3.20. The van der Waals surface area contributed by atoms with Crippen molar-refractivity contribution in [2.75, 3.05) is 6.54 Å². The van der Waals surface area contributed by atoms with Crippen LogP contribution in [0, 0.1) is 5.82 Å². The van der Waals surface area contributed by atoms with Gasteiger partial charge in [-0.3, -0.25) is 0 Å². The fourth-order valence-corrected chi connectivity index (χ4v) is 2.69. The van der Waals surface area contributed by atoms with Gasteiger partial charge in [0.15, 0.2) is 0 Å². The van der Waals surface area contributed by atoms with Crippen molar-refractivity contribution in [2.24, 2.45) is 0 Å². The second kappa shape index (κ2) is 5.83. The quantitative estimate of drug-likeness (QED) is 0.868. The van der Waals surface area contributed by atoms with Crippen LogP contribution in [0.3, 0.4) is 0 Å². The molecule has 0 aliphatic carbocycles. The molecule has 1 N–H and O–H groups in total. The number of benzene rings is 1. The molecule has 3 heteroatoms. The molecule has 1 nitrogen and oxygen atoms in total. The van der Waals surface area contributed by atoms with Gasteiger partial charge in [-0.1, -0.05) is 31.0 Å². The van der Waals surface area contributed by atoms with Gasteiger partial charge < -0.3 is 5.32 Å². The summed E-state index contributed by atoms with van der Waals surface area (Å²) in [6.45, 7) is 3.11. The second-order valence-corrected chi connectivity index (χ2v) is 5.16. The standard InChI is InChI=1S/C14H19ClFN/c1-2-10-7-11(14(16)13(15)8-10)9-12-5-3-4-6-17-12/h7-8,12,17H,2-6,9H2,1H3. The summed E-state index contributed by atoms with van der Waals surface area (Å²) >= 11 is 5.92. The van der Waals surface area contributed by atoms with E-state index in [1.165, 1.54) is 12.8 Å². The van der Waals surface area contributed by atoms with Crippen molar-refractivity contribution in [3.63, 3.8) is 0 Å². The fourth-order valence-electron chi connectivity index (χ4n) is 2.42. The van der Waals surface area contributed by atoms with Crippen LogP contribution in [0.5, 0.6) is 0 Å². The number of rotatable bonds is 3. The van der Waals surface area contributed by atoms with Gasteiger partial charge in [0.1, 0.15) is 5.82 Å². The Morgan fingerprint density at radius 3 is 2.88 bits per heavy atom. The largest absolute Gasteiger partial charge is 0.314 e. The SMILES string of the molecule is CCc1cc(Cl)c(F)c(CC2CCCCN2)c1. The summed E-state index contributed by atoms with van der Waals surface area (Å²) in [4.78, 5) is 0. The smallest absolute Gasteiger partial charge is 0.145 e. The lowest BCUT2D eigenvalue weighted by molar-refractivity contribution is 0.395. The number of aryl methyl sites for hydroxylation is 1. The molecular weight excluding hydrogens is 237 g/mol. The number of piperidine rings is 1. The zero-order valence-electron chi connectivity index (χ0n) is 10.2. The Labute approximate surface area is 107 Å². The predicted molar refractivity (Wildman–Crippen MR) is 70.1 cm³/mol. The van der Waals surface area contributed by atoms with Gasteiger partial charge in [-0.2, -0.15) is 0 Å². The van der Waals surface area contributed by atoms with Crippen molar-refractivity contribution >= 4 is 11.6 Å². The van der Waals surface area contributed by atoms with Crippen LogP contribution >= 0.6 is 11.6 Å². The summed E-state index contributed by atoms with van der Waals surface area (Å²) in [5, 5.41) is 3.70. The Kier molecular flexibility index (Phi) is 4.41. The molecule has 1 heterocycles. The predicted octanol–water partition coefficient (Wildman–Crippen LogP) is 3.73. The Hall–Kier alpha value is -0.600. The molecule has 1 aromatic carbocycles. The average molecular weight is 256 g/mol. The first-order valence-electron chi connectivity index (χ1n) is 6.41. The second-order valence-electron chi connectivity index (χ2n) is 4.76. The monoisotopic (exact) mass is 255 g/mol. The van der Waals surface area contributed by atoms with Gasteiger partial charge in [-0.05, 0) is 49.4 Å². The zero-order valence-corrected chi connectivity index (χ0v) is 11.0. The Morgan fingerprint density at radius 1 is 1.41 bits per heavy atom. The molecule has 0 spiro atoms. The third-order valence-electron chi connectivity index (χ3n) is 3.45. The summed E-state index contributed by atoms with van der Waals surface area (Å²) in [6.07, 6.45) is 5.24. The van der Waals surface area contributed by atoms with E-state index in [0.717, 1.165) is 36.9 Å². The lowest BCUT2D eigenvalue weighted by Crippen LogP contribution is -2.35. The van der Waals surface area contributed by atoms with E-state index in [4.69, 9.17) is 11.6 Å². The molecule has 0 aromatic heterocycles. The van der Waals surface area contributed by atoms with Crippen LogP contribution in [0.2, 0.25) is 5.02 Å². The van der Waals surface area contributed by atoms with Crippen molar-refractivity contribution in [1.29, 1.82) is 0 Å². The number of nitrogens with one attached hydrogen (secondary N) is 1. The Morgan fingerprint density at radius 2 is 2.24 bits per heavy atom. The summed E-state index contributed by atoms with van der Waals surface area (Å²) in [7, 11) is 0. The minimum atomic E-state index is -0.240. The maximum absolute atomic E-state index is 13.9. The van der Waals surface area contributed by atoms with Gasteiger partial charge in [-0.25, -0.2) is 4.39 Å². The molecule has 1 saturated heterocycles. The molecule has 1 unspecified atom stereocenters. The summed E-state index contributed by atoms with van der Waals surface area (Å²) in [5.41, 5.74) is 1.87. The molecule has 2 rings (SSSR count). The summed E-state index contributed by atoms with van der Waals surface area (Å²) in [6, 6.07) is 4.09. The lowest BCUT2D eigenvalue weighted by Gasteiger charge is -2.24. The molecule has 0 radical (unpaired) electrons. The molecule has 94 valence electrons. The van der Waals surface area contributed by atoms with Crippen LogP contribution in [0.4, 0.5) is 4.39 Å². The molecule has 17 heavy (non-hydrogen) atoms. The first-order chi connectivity index (χ1) is 8.20. The molecule has 1 aliphatic heterocycles. The summed E-state index contributed by atoms with van der Waals surface area (Å²) in [5.74, 6) is -0.240. The molecule has 0 saturated carbocycles. The molecule has 1 fully saturated rings. The lowest BCUT2D eigenvalue weighted by atomic mass is 9.96. The van der Waals surface area contributed by atoms with E-state index in [2.05, 4.69) is 12.2 Å². The molecule has 0 bridgehead atoms. The molecular formula is C14H19ClFN. The highest BCUT2D eigenvalue weighted by Gasteiger charge is 2.16. The van der Waals surface area contributed by atoms with Crippen molar-refractivity contribution in [3.05, 3.63) is 34.1 Å². The Balaban J connectivity index is 2.15. The van der Waals surface area contributed by atoms with Crippen molar-refractivity contribution in [1.82, 2.24) is 5.32 Å². The van der Waals surface area contributed by atoms with E-state index in [9.17, 15) is 4.39 Å². The zero-order chi connectivity index (χ0) is 12.3. The maximum Gasteiger partial charge on any atom is 0.145 e. The van der Waals surface area contributed by atoms with Crippen LogP contribution in [-0.4, -0.2) is 12.6 Å². The van der Waals surface area contributed by atoms with Crippen LogP contribution < -0.4 is 5.32 Å². The molecule has 0 amide bonds. The van der Waals surface area contributed by atoms with E-state index in [-0.39, 0.29) is 10.8 Å². The number of hydrogen-bond donors (Lipinski definition) is 1. The van der Waals surface area contributed by atoms with E-state index >= 15 is 0 Å². The van der Waals surface area contributed by atoms with Crippen LogP contribution in [-0.2, 0) is 12.8 Å². The average Bonchev–Trinajstić information content (AvgIpc) is 2.36. The molecule has 1 atom stereocenters. The minimum Gasteiger partial charge on any atom is -0.314 e. The highest BCUT2D eigenvalue weighted by molar-refractivity contribution is 6.30. The van der Waals surface area contributed by atoms with Gasteiger partial charge in [0, 0.05) is 6.04 Å². The third-order valence-corrected chi connectivity index (χ3v) is 3.73. The van der Waals surface area contributed by atoms with E-state index in [0.29, 0.717) is 6.04 Å². The molecule has 1 aromatic rings. The van der Waals surface area contributed by atoms with Gasteiger partial charge in [-0.15, -0.1) is 0 Å². The van der Waals surface area contributed by atoms with Crippen LogP contribution in [0.25, 0.3) is 0 Å². The van der Waals surface area contributed by atoms with Gasteiger partial charge in [0.2, 0.25) is 0 Å². The maximum atomic E-state index is 13.9. The number of halogens is 2. The topological polar surface area (TPSA) is 12.0 Å². The highest BCUT2D eigenvalue weighted by Crippen LogP contribution is 2.23. The normalized spacial score (nSPS) is 20.5. The van der Waals surface area contributed by atoms with Gasteiger partial charge in [0.05, 0.1) is 5.02 Å². The van der Waals surface area contributed by atoms with Crippen molar-refractivity contribution in [2.45, 2.75) is 45.1 Å². The molecule has 1 aliphatic rings. The van der Waals surface area contributed by atoms with Gasteiger partial charge in [0.25, 0.3) is 0 Å². The van der Waals surface area contributed by atoms with Gasteiger partial charge >= 0.3 is 0 Å². The van der Waals surface area contributed by atoms with Crippen LogP contribution in [0.1, 0.15) is 37.3 Å². The Bertz CT molecular complexity index is 386. The van der Waals surface area contributed by atoms with E-state index in [1.807, 2.05) is 6.07 Å². The van der Waals surface area contributed by atoms with E-state index in [1.54, 1.807) is 6.07 Å². The highest BCUT2D eigenvalue weighted by atomic mass is 35.5. The minimum absolute atomic E-state index is 0.240. The fraction of sp³-hybridized carbons (Fsp3) is 0.571. The van der Waals surface area contributed by atoms with Crippen molar-refractivity contribution < 1.29 is 4.39 Å². The van der Waals surface area contributed by atoms with E-state index < -0.39 is 0 Å². The first kappa shape index (κ1) is 12.8. The first-order valence-corrected chi connectivity index (χ1v) is 6.78. The summed E-state index contributed by atoms with van der Waals surface area (Å²) < 4.78 is 13.9. The number of hydrogen-bond acceptors (Lipinski definition) is 1.